The van der Waals surface area contributed by atoms with E-state index >= 15 is 0 Å². The number of hydrogen-bond donors (Lipinski definition) is 0. The van der Waals surface area contributed by atoms with Crippen LogP contribution < -0.4 is 0 Å². The zero-order chi connectivity index (χ0) is 49.2. The average molecular weight is 959 g/mol. The summed E-state index contributed by atoms with van der Waals surface area (Å²) in [6.45, 7) is 26.7. The van der Waals surface area contributed by atoms with Gasteiger partial charge in [0.2, 0.25) is 0 Å². The summed E-state index contributed by atoms with van der Waals surface area (Å²) in [6, 6.07) is 9.60. The van der Waals surface area contributed by atoms with Crippen molar-refractivity contribution >= 4 is 32.2 Å². The number of carbonyl (C=O) groups is 4. The first-order chi connectivity index (χ1) is 31.5. The number of rotatable bonds is 23. The van der Waals surface area contributed by atoms with Gasteiger partial charge in [-0.25, -0.2) is 0 Å². The van der Waals surface area contributed by atoms with E-state index in [1.54, 1.807) is 0 Å². The number of carbonyl (C=O) groups excluding carboxylic acids is 4. The Balaban J connectivity index is 0.936. The van der Waals surface area contributed by atoms with Gasteiger partial charge >= 0.3 is 23.9 Å². The van der Waals surface area contributed by atoms with E-state index in [0.29, 0.717) is 25.7 Å². The van der Waals surface area contributed by atoms with Crippen molar-refractivity contribution in [3.05, 3.63) is 35.9 Å². The monoisotopic (exact) mass is 959 g/mol. The molecule has 0 saturated carbocycles. The highest BCUT2D eigenvalue weighted by atomic mass is 28.4. The summed E-state index contributed by atoms with van der Waals surface area (Å²) in [4.78, 5) is 52.4. The Morgan fingerprint density at radius 2 is 0.821 bits per heavy atom. The van der Waals surface area contributed by atoms with Crippen LogP contribution in [-0.2, 0) is 68.1 Å². The van der Waals surface area contributed by atoms with E-state index < -0.39 is 26.1 Å². The van der Waals surface area contributed by atoms with Crippen molar-refractivity contribution in [3.63, 3.8) is 0 Å². The SMILES string of the molecule is C[C@H](C[C@H]1CC[C@@H]([C@H](C)C(=O)O[C@@H](C)C[C@@H]2CC[C@H]([C@@H](C)C(=O)OCc3ccccc3)O2)O1)OC(=O)[C@H](C)[C@H]1CC[C@@H](C[C@H](C)OC(=O)[C@@H](C)[C@@H]2CC[C@H](C[C@@H](C)O[Si](C)(C)C(C)(C)C)O2)O1. The Morgan fingerprint density at radius 3 is 1.15 bits per heavy atom. The summed E-state index contributed by atoms with van der Waals surface area (Å²) in [7, 11) is -1.87. The predicted molar refractivity (Wildman–Crippen MR) is 257 cm³/mol. The molecule has 4 fully saturated rings. The van der Waals surface area contributed by atoms with Gasteiger partial charge in [-0.1, -0.05) is 51.1 Å². The third-order valence-corrected chi connectivity index (χ3v) is 19.7. The molecule has 0 amide bonds. The maximum atomic E-state index is 13.3. The van der Waals surface area contributed by atoms with Crippen LogP contribution in [0.4, 0.5) is 0 Å². The van der Waals surface area contributed by atoms with Crippen molar-refractivity contribution in [2.45, 2.75) is 251 Å². The van der Waals surface area contributed by atoms with Crippen molar-refractivity contribution in [3.8, 4) is 0 Å². The fourth-order valence-electron chi connectivity index (χ4n) is 9.84. The molecule has 5 rings (SSSR count). The second kappa shape index (κ2) is 24.8. The van der Waals surface area contributed by atoms with Crippen molar-refractivity contribution in [2.75, 3.05) is 0 Å². The Morgan fingerprint density at radius 1 is 0.507 bits per heavy atom. The second-order valence-electron chi connectivity index (χ2n) is 22.1. The van der Waals surface area contributed by atoms with Crippen LogP contribution in [0.3, 0.4) is 0 Å². The fraction of sp³-hybridized carbons (Fsp3) is 0.811. The summed E-state index contributed by atoms with van der Waals surface area (Å²) >= 11 is 0. The Kier molecular flexibility index (Phi) is 20.4. The molecule has 16 atom stereocenters. The Bertz CT molecular complexity index is 1730. The highest BCUT2D eigenvalue weighted by molar-refractivity contribution is 6.74. The molecule has 4 heterocycles. The van der Waals surface area contributed by atoms with Crippen LogP contribution in [0.5, 0.6) is 0 Å². The van der Waals surface area contributed by atoms with Crippen molar-refractivity contribution < 1.29 is 61.5 Å². The topological polar surface area (TPSA) is 151 Å². The largest absolute Gasteiger partial charge is 0.462 e. The standard InChI is InChI=1S/C53H86O13Si/c1-32(27-41-19-23-45(62-41)36(5)49(54)58-31-40-17-15-14-16-18-40)59-50(55)37(6)46-24-20-42(63-46)28-33(2)60-51(56)38(7)47-25-21-43(64-47)29-34(3)61-52(57)39(8)48-26-22-44(65-48)30-35(4)66-67(12,13)53(9,10)11/h14-18,32-39,41-48H,19-31H2,1-13H3/t32-,33+,34-,35+,36+,37-,38+,39-,41-,42+,43-,44+,45+,46-,47+,48-/m0/s1. The summed E-state index contributed by atoms with van der Waals surface area (Å²) < 4.78 is 55.0. The van der Waals surface area contributed by atoms with Gasteiger partial charge in [0.05, 0.1) is 72.5 Å². The van der Waals surface area contributed by atoms with E-state index in [2.05, 4.69) is 40.8 Å². The molecule has 0 bridgehead atoms. The number of hydrogen-bond acceptors (Lipinski definition) is 13. The van der Waals surface area contributed by atoms with Crippen molar-refractivity contribution in [2.24, 2.45) is 23.7 Å². The molecular weight excluding hydrogens is 873 g/mol. The van der Waals surface area contributed by atoms with Crippen LogP contribution in [0.2, 0.25) is 18.1 Å². The van der Waals surface area contributed by atoms with E-state index in [1.807, 2.05) is 78.8 Å². The molecule has 0 aliphatic carbocycles. The molecule has 1 aromatic carbocycles. The van der Waals surface area contributed by atoms with Gasteiger partial charge in [-0.3, -0.25) is 19.2 Å². The maximum absolute atomic E-state index is 13.3. The normalized spacial score (nSPS) is 29.3. The lowest BCUT2D eigenvalue weighted by Gasteiger charge is -2.39. The Hall–Kier alpha value is -2.88. The van der Waals surface area contributed by atoms with Gasteiger partial charge in [-0.2, -0.15) is 0 Å². The molecule has 13 nitrogen and oxygen atoms in total. The van der Waals surface area contributed by atoms with Crippen molar-refractivity contribution in [1.82, 2.24) is 0 Å². The molecule has 4 saturated heterocycles. The highest BCUT2D eigenvalue weighted by Gasteiger charge is 2.42. The van der Waals surface area contributed by atoms with Crippen LogP contribution in [0.1, 0.15) is 159 Å². The third-order valence-electron chi connectivity index (χ3n) is 15.1. The molecule has 0 unspecified atom stereocenters. The summed E-state index contributed by atoms with van der Waals surface area (Å²) in [5.74, 6) is -2.81. The first kappa shape index (κ1) is 55.0. The van der Waals surface area contributed by atoms with Gasteiger partial charge in [-0.15, -0.1) is 0 Å². The van der Waals surface area contributed by atoms with Gasteiger partial charge < -0.3 is 42.3 Å². The lowest BCUT2D eigenvalue weighted by Crippen LogP contribution is -2.44. The molecule has 4 aliphatic rings. The molecule has 14 heteroatoms. The number of esters is 4. The maximum Gasteiger partial charge on any atom is 0.311 e. The molecule has 0 radical (unpaired) electrons. The first-order valence-corrected chi connectivity index (χ1v) is 28.5. The van der Waals surface area contributed by atoms with Crippen LogP contribution in [-0.4, -0.2) is 105 Å². The predicted octanol–water partition coefficient (Wildman–Crippen LogP) is 10.2. The van der Waals surface area contributed by atoms with Gasteiger partial charge in [-0.05, 0) is 137 Å². The highest BCUT2D eigenvalue weighted by Crippen LogP contribution is 2.39. The van der Waals surface area contributed by atoms with E-state index in [9.17, 15) is 19.2 Å². The third kappa shape index (κ3) is 16.3. The zero-order valence-corrected chi connectivity index (χ0v) is 44.1. The van der Waals surface area contributed by atoms with Gasteiger partial charge in [0.25, 0.3) is 0 Å². The molecular formula is C53H86O13Si. The second-order valence-corrected chi connectivity index (χ2v) is 26.9. The summed E-state index contributed by atoms with van der Waals surface area (Å²) in [5, 5.41) is 0.146. The van der Waals surface area contributed by atoms with E-state index in [4.69, 9.17) is 42.3 Å². The van der Waals surface area contributed by atoms with Crippen LogP contribution in [0, 0.1) is 23.7 Å². The van der Waals surface area contributed by atoms with Crippen LogP contribution >= 0.6 is 0 Å². The van der Waals surface area contributed by atoms with E-state index in [1.165, 1.54) is 0 Å². The number of benzene rings is 1. The van der Waals surface area contributed by atoms with Crippen LogP contribution in [0.25, 0.3) is 0 Å². The fourth-order valence-corrected chi connectivity index (χ4v) is 11.3. The summed E-state index contributed by atoms with van der Waals surface area (Å²) in [6.07, 6.45) is 6.44. The molecule has 0 aromatic heterocycles. The molecule has 0 spiro atoms. The smallest absolute Gasteiger partial charge is 0.311 e. The first-order valence-electron chi connectivity index (χ1n) is 25.6. The minimum Gasteiger partial charge on any atom is -0.462 e. The van der Waals surface area contributed by atoms with E-state index in [0.717, 1.165) is 56.9 Å². The van der Waals surface area contributed by atoms with Gasteiger partial charge in [0, 0.05) is 25.4 Å². The molecule has 4 aliphatic heterocycles. The zero-order valence-electron chi connectivity index (χ0n) is 43.1. The average Bonchev–Trinajstić information content (AvgIpc) is 4.10. The van der Waals surface area contributed by atoms with Gasteiger partial charge in [0.1, 0.15) is 24.9 Å². The van der Waals surface area contributed by atoms with Crippen LogP contribution in [0.15, 0.2) is 30.3 Å². The molecule has 1 aromatic rings. The molecule has 67 heavy (non-hydrogen) atoms. The quantitative estimate of drug-likeness (QED) is 0.0582. The molecule has 0 N–H and O–H groups in total. The lowest BCUT2D eigenvalue weighted by molar-refractivity contribution is -0.161. The van der Waals surface area contributed by atoms with Gasteiger partial charge in [0.15, 0.2) is 8.32 Å². The summed E-state index contributed by atoms with van der Waals surface area (Å²) in [5.41, 5.74) is 0.940. The number of ether oxygens (including phenoxy) is 8. The van der Waals surface area contributed by atoms with E-state index in [-0.39, 0.29) is 115 Å². The molecule has 380 valence electrons. The minimum absolute atomic E-state index is 0.0737. The lowest BCUT2D eigenvalue weighted by atomic mass is 10.0. The van der Waals surface area contributed by atoms with Crippen molar-refractivity contribution in [1.29, 1.82) is 0 Å². The minimum atomic E-state index is -1.87. The Labute approximate surface area is 403 Å².